The number of aliphatic carboxylic acids is 1. The van der Waals surface area contributed by atoms with Gasteiger partial charge in [-0.05, 0) is 38.2 Å². The average Bonchev–Trinajstić information content (AvgIpc) is 2.41. The molecule has 2 heterocycles. The molecular weight excluding hydrogens is 256 g/mol. The maximum absolute atomic E-state index is 10.8. The molecule has 1 aliphatic rings. The minimum atomic E-state index is -0.775. The van der Waals surface area contributed by atoms with Gasteiger partial charge >= 0.3 is 5.97 Å². The lowest BCUT2D eigenvalue weighted by Gasteiger charge is -2.33. The van der Waals surface area contributed by atoms with E-state index >= 15 is 0 Å². The van der Waals surface area contributed by atoms with E-state index in [2.05, 4.69) is 16.3 Å². The molecular formula is C14H18N4O2. The molecule has 1 saturated heterocycles. The fraction of sp³-hybridized carbons (Fsp3) is 0.571. The van der Waals surface area contributed by atoms with Crippen molar-refractivity contribution >= 4 is 11.8 Å². The number of aromatic nitrogens is 2. The van der Waals surface area contributed by atoms with Gasteiger partial charge in [-0.2, -0.15) is 10.4 Å². The Balaban J connectivity index is 2.25. The van der Waals surface area contributed by atoms with Crippen LogP contribution in [-0.2, 0) is 4.79 Å². The van der Waals surface area contributed by atoms with Crippen LogP contribution in [0.3, 0.4) is 0 Å². The Labute approximate surface area is 118 Å². The molecule has 0 saturated carbocycles. The van der Waals surface area contributed by atoms with Crippen molar-refractivity contribution < 1.29 is 9.90 Å². The standard InChI is InChI=1S/C14H18N4O2/c1-9-10(2)16-17-14(12(9)7-15)18-5-3-4-11(8-18)6-13(19)20/h11H,3-6,8H2,1-2H3,(H,19,20). The Bertz CT molecular complexity index is 565. The van der Waals surface area contributed by atoms with Gasteiger partial charge < -0.3 is 10.0 Å². The molecule has 1 unspecified atom stereocenters. The average molecular weight is 274 g/mol. The number of carbonyl (C=O) groups is 1. The number of carboxylic acids is 1. The van der Waals surface area contributed by atoms with Crippen LogP contribution in [0.25, 0.3) is 0 Å². The van der Waals surface area contributed by atoms with E-state index in [4.69, 9.17) is 5.11 Å². The van der Waals surface area contributed by atoms with Crippen molar-refractivity contribution in [3.8, 4) is 6.07 Å². The predicted octanol–water partition coefficient (Wildman–Crippen LogP) is 1.66. The van der Waals surface area contributed by atoms with Gasteiger partial charge in [-0.15, -0.1) is 5.10 Å². The Morgan fingerprint density at radius 1 is 1.50 bits per heavy atom. The van der Waals surface area contributed by atoms with Gasteiger partial charge in [-0.3, -0.25) is 4.79 Å². The van der Waals surface area contributed by atoms with Crippen LogP contribution in [-0.4, -0.2) is 34.4 Å². The monoisotopic (exact) mass is 274 g/mol. The summed E-state index contributed by atoms with van der Waals surface area (Å²) in [5.41, 5.74) is 2.15. The van der Waals surface area contributed by atoms with Gasteiger partial charge in [-0.25, -0.2) is 0 Å². The predicted molar refractivity (Wildman–Crippen MR) is 73.4 cm³/mol. The van der Waals surface area contributed by atoms with Gasteiger partial charge in [0, 0.05) is 19.5 Å². The van der Waals surface area contributed by atoms with Crippen molar-refractivity contribution in [1.82, 2.24) is 10.2 Å². The number of hydrogen-bond acceptors (Lipinski definition) is 5. The van der Waals surface area contributed by atoms with Crippen molar-refractivity contribution in [2.45, 2.75) is 33.1 Å². The fourth-order valence-electron chi connectivity index (χ4n) is 2.62. The van der Waals surface area contributed by atoms with Gasteiger partial charge in [-0.1, -0.05) is 0 Å². The quantitative estimate of drug-likeness (QED) is 0.901. The number of hydrogen-bond donors (Lipinski definition) is 1. The second kappa shape index (κ2) is 5.87. The van der Waals surface area contributed by atoms with E-state index in [9.17, 15) is 10.1 Å². The highest BCUT2D eigenvalue weighted by molar-refractivity contribution is 5.67. The van der Waals surface area contributed by atoms with E-state index in [1.807, 2.05) is 18.7 Å². The summed E-state index contributed by atoms with van der Waals surface area (Å²) in [6.07, 6.45) is 1.98. The lowest BCUT2D eigenvalue weighted by Crippen LogP contribution is -2.37. The zero-order chi connectivity index (χ0) is 14.7. The van der Waals surface area contributed by atoms with Crippen LogP contribution in [0.4, 0.5) is 5.82 Å². The van der Waals surface area contributed by atoms with Crippen LogP contribution in [0.2, 0.25) is 0 Å². The lowest BCUT2D eigenvalue weighted by molar-refractivity contribution is -0.138. The van der Waals surface area contributed by atoms with E-state index < -0.39 is 5.97 Å². The van der Waals surface area contributed by atoms with E-state index in [0.717, 1.165) is 30.6 Å². The fourth-order valence-corrected chi connectivity index (χ4v) is 2.62. The normalized spacial score (nSPS) is 18.6. The van der Waals surface area contributed by atoms with Crippen LogP contribution in [0, 0.1) is 31.1 Å². The van der Waals surface area contributed by atoms with Gasteiger partial charge in [0.1, 0.15) is 11.6 Å². The third kappa shape index (κ3) is 2.87. The molecule has 20 heavy (non-hydrogen) atoms. The lowest BCUT2D eigenvalue weighted by atomic mass is 9.94. The smallest absolute Gasteiger partial charge is 0.303 e. The summed E-state index contributed by atoms with van der Waals surface area (Å²) in [7, 11) is 0. The molecule has 2 rings (SSSR count). The van der Waals surface area contributed by atoms with Crippen molar-refractivity contribution in [3.05, 3.63) is 16.8 Å². The topological polar surface area (TPSA) is 90.1 Å². The van der Waals surface area contributed by atoms with Crippen LogP contribution < -0.4 is 4.90 Å². The molecule has 1 aliphatic heterocycles. The van der Waals surface area contributed by atoms with Gasteiger partial charge in [0.05, 0.1) is 5.69 Å². The largest absolute Gasteiger partial charge is 0.481 e. The molecule has 1 aromatic rings. The summed E-state index contributed by atoms with van der Waals surface area (Å²) in [6.45, 7) is 5.11. The number of piperidine rings is 1. The minimum Gasteiger partial charge on any atom is -0.481 e. The highest BCUT2D eigenvalue weighted by atomic mass is 16.4. The van der Waals surface area contributed by atoms with Crippen LogP contribution in [0.1, 0.15) is 36.1 Å². The molecule has 0 bridgehead atoms. The first-order valence-electron chi connectivity index (χ1n) is 6.73. The Kier molecular flexibility index (Phi) is 4.18. The van der Waals surface area contributed by atoms with E-state index in [1.54, 1.807) is 0 Å². The second-order valence-electron chi connectivity index (χ2n) is 5.27. The Hall–Kier alpha value is -2.16. The molecule has 0 amide bonds. The summed E-state index contributed by atoms with van der Waals surface area (Å²) in [5.74, 6) is -0.0783. The minimum absolute atomic E-state index is 0.108. The molecule has 1 atom stereocenters. The SMILES string of the molecule is Cc1nnc(N2CCCC(CC(=O)O)C2)c(C#N)c1C. The van der Waals surface area contributed by atoms with Crippen LogP contribution in [0.15, 0.2) is 0 Å². The summed E-state index contributed by atoms with van der Waals surface area (Å²) in [5, 5.41) is 26.5. The molecule has 1 fully saturated rings. The Morgan fingerprint density at radius 3 is 2.90 bits per heavy atom. The third-order valence-corrected chi connectivity index (χ3v) is 3.83. The molecule has 0 spiro atoms. The van der Waals surface area contributed by atoms with Crippen molar-refractivity contribution in [2.75, 3.05) is 18.0 Å². The number of nitrogens with zero attached hydrogens (tertiary/aromatic N) is 4. The number of aryl methyl sites for hydroxylation is 1. The molecule has 0 aliphatic carbocycles. The molecule has 0 radical (unpaired) electrons. The van der Waals surface area contributed by atoms with E-state index in [-0.39, 0.29) is 12.3 Å². The van der Waals surface area contributed by atoms with Gasteiger partial charge in [0.15, 0.2) is 5.82 Å². The molecule has 106 valence electrons. The van der Waals surface area contributed by atoms with E-state index in [0.29, 0.717) is 17.9 Å². The summed E-state index contributed by atoms with van der Waals surface area (Å²) in [6, 6.07) is 2.20. The molecule has 1 N–H and O–H groups in total. The molecule has 1 aromatic heterocycles. The number of carboxylic acid groups (broad SMARTS) is 1. The summed E-state index contributed by atoms with van der Waals surface area (Å²) >= 11 is 0. The zero-order valence-electron chi connectivity index (χ0n) is 11.8. The van der Waals surface area contributed by atoms with Crippen molar-refractivity contribution in [3.63, 3.8) is 0 Å². The van der Waals surface area contributed by atoms with Gasteiger partial charge in [0.25, 0.3) is 0 Å². The zero-order valence-corrected chi connectivity index (χ0v) is 11.8. The van der Waals surface area contributed by atoms with Crippen molar-refractivity contribution in [1.29, 1.82) is 5.26 Å². The Morgan fingerprint density at radius 2 is 2.25 bits per heavy atom. The first kappa shape index (κ1) is 14.3. The molecule has 0 aromatic carbocycles. The third-order valence-electron chi connectivity index (χ3n) is 3.83. The molecule has 6 heteroatoms. The first-order valence-corrected chi connectivity index (χ1v) is 6.73. The number of nitriles is 1. The maximum atomic E-state index is 10.8. The summed E-state index contributed by atoms with van der Waals surface area (Å²) in [4.78, 5) is 12.8. The van der Waals surface area contributed by atoms with Crippen molar-refractivity contribution in [2.24, 2.45) is 5.92 Å². The number of rotatable bonds is 3. The van der Waals surface area contributed by atoms with Gasteiger partial charge in [0.2, 0.25) is 0 Å². The maximum Gasteiger partial charge on any atom is 0.303 e. The summed E-state index contributed by atoms with van der Waals surface area (Å²) < 4.78 is 0. The highest BCUT2D eigenvalue weighted by Crippen LogP contribution is 2.27. The first-order chi connectivity index (χ1) is 9.52. The second-order valence-corrected chi connectivity index (χ2v) is 5.27. The number of anilines is 1. The van der Waals surface area contributed by atoms with E-state index in [1.165, 1.54) is 0 Å². The van der Waals surface area contributed by atoms with Crippen LogP contribution in [0.5, 0.6) is 0 Å². The molecule has 6 nitrogen and oxygen atoms in total. The highest BCUT2D eigenvalue weighted by Gasteiger charge is 2.25. The van der Waals surface area contributed by atoms with Crippen LogP contribution >= 0.6 is 0 Å².